The number of rotatable bonds is 5. The molecule has 8 heteroatoms. The predicted octanol–water partition coefficient (Wildman–Crippen LogP) is 1.40. The number of nitrogens with one attached hydrogen (secondary N) is 1. The number of nitrogens with two attached hydrogens (primary N) is 1. The Morgan fingerprint density at radius 3 is 2.57 bits per heavy atom. The molecule has 23 heavy (non-hydrogen) atoms. The quantitative estimate of drug-likeness (QED) is 0.856. The molecule has 5 nitrogen and oxygen atoms in total. The van der Waals surface area contributed by atoms with E-state index in [4.69, 9.17) is 10.5 Å². The van der Waals surface area contributed by atoms with E-state index in [-0.39, 0.29) is 24.6 Å². The third-order valence-corrected chi connectivity index (χ3v) is 3.63. The monoisotopic (exact) mass is 330 g/mol. The lowest BCUT2D eigenvalue weighted by Crippen LogP contribution is -2.35. The van der Waals surface area contributed by atoms with Gasteiger partial charge in [0, 0.05) is 6.54 Å². The molecule has 2 rings (SSSR count). The lowest BCUT2D eigenvalue weighted by Gasteiger charge is -2.14. The summed E-state index contributed by atoms with van der Waals surface area (Å²) >= 11 is 0. The van der Waals surface area contributed by atoms with Gasteiger partial charge in [0.15, 0.2) is 0 Å². The molecule has 0 radical (unpaired) electrons. The van der Waals surface area contributed by atoms with Crippen molar-refractivity contribution in [2.45, 2.75) is 37.6 Å². The molecular weight excluding hydrogens is 313 g/mol. The summed E-state index contributed by atoms with van der Waals surface area (Å²) < 4.78 is 43.9. The highest BCUT2D eigenvalue weighted by atomic mass is 19.4. The topological polar surface area (TPSA) is 81.4 Å². The maximum Gasteiger partial charge on any atom is 0.416 e. The fourth-order valence-corrected chi connectivity index (χ4v) is 2.48. The summed E-state index contributed by atoms with van der Waals surface area (Å²) in [4.78, 5) is 22.8. The van der Waals surface area contributed by atoms with Crippen LogP contribution in [0.4, 0.5) is 13.2 Å². The van der Waals surface area contributed by atoms with Crippen LogP contribution in [0, 0.1) is 0 Å². The molecule has 1 fully saturated rings. The molecule has 1 aliphatic rings. The number of carbonyl (C=O) groups excluding carboxylic acids is 2. The van der Waals surface area contributed by atoms with Crippen LogP contribution < -0.4 is 11.1 Å². The van der Waals surface area contributed by atoms with E-state index < -0.39 is 29.7 Å². The summed E-state index contributed by atoms with van der Waals surface area (Å²) in [6, 6.07) is 4.95. The maximum atomic E-state index is 12.9. The van der Waals surface area contributed by atoms with Crippen LogP contribution >= 0.6 is 0 Å². The van der Waals surface area contributed by atoms with Crippen LogP contribution in [0.2, 0.25) is 0 Å². The zero-order valence-electron chi connectivity index (χ0n) is 12.2. The average Bonchev–Trinajstić information content (AvgIpc) is 2.94. The van der Waals surface area contributed by atoms with Crippen molar-refractivity contribution >= 4 is 11.8 Å². The Balaban J connectivity index is 1.88. The highest BCUT2D eigenvalue weighted by molar-refractivity contribution is 5.79. The lowest BCUT2D eigenvalue weighted by molar-refractivity contribution is -0.138. The van der Waals surface area contributed by atoms with Crippen LogP contribution in [-0.2, 0) is 26.9 Å². The summed E-state index contributed by atoms with van der Waals surface area (Å²) in [5, 5.41) is 2.53. The molecule has 0 unspecified atom stereocenters. The van der Waals surface area contributed by atoms with Crippen molar-refractivity contribution in [2.75, 3.05) is 6.54 Å². The predicted molar refractivity (Wildman–Crippen MR) is 75.2 cm³/mol. The zero-order valence-corrected chi connectivity index (χ0v) is 12.2. The molecule has 126 valence electrons. The number of hydrogen-bond acceptors (Lipinski definition) is 3. The van der Waals surface area contributed by atoms with E-state index in [2.05, 4.69) is 5.32 Å². The summed E-state index contributed by atoms with van der Waals surface area (Å²) in [5.41, 5.74) is 4.22. The molecule has 1 heterocycles. The van der Waals surface area contributed by atoms with E-state index in [0.717, 1.165) is 6.07 Å². The molecule has 0 aliphatic carbocycles. The highest BCUT2D eigenvalue weighted by Gasteiger charge is 2.33. The Labute approximate surface area is 131 Å². The molecule has 2 atom stereocenters. The van der Waals surface area contributed by atoms with Crippen molar-refractivity contribution in [2.24, 2.45) is 5.73 Å². The summed E-state index contributed by atoms with van der Waals surface area (Å²) in [7, 11) is 0. The number of benzene rings is 1. The molecule has 1 aromatic rings. The van der Waals surface area contributed by atoms with Gasteiger partial charge < -0.3 is 15.8 Å². The van der Waals surface area contributed by atoms with Gasteiger partial charge in [0.05, 0.1) is 18.1 Å². The van der Waals surface area contributed by atoms with Crippen molar-refractivity contribution in [1.29, 1.82) is 0 Å². The van der Waals surface area contributed by atoms with Crippen molar-refractivity contribution in [3.05, 3.63) is 35.4 Å². The molecule has 2 amide bonds. The summed E-state index contributed by atoms with van der Waals surface area (Å²) in [6.07, 6.45) is -4.85. The average molecular weight is 330 g/mol. The fourth-order valence-electron chi connectivity index (χ4n) is 2.48. The molecule has 1 aromatic carbocycles. The molecule has 0 saturated carbocycles. The molecule has 3 N–H and O–H groups in total. The van der Waals surface area contributed by atoms with Crippen LogP contribution in [0.1, 0.15) is 24.0 Å². The molecule has 1 aliphatic heterocycles. The fraction of sp³-hybridized carbons (Fsp3) is 0.467. The standard InChI is InChI=1S/C15H17F3N2O3/c16-15(17,18)11-4-2-1-3-9(11)7-13(21)20-8-10-5-6-12(23-10)14(19)22/h1-4,10,12H,5-8H2,(H2,19,22)(H,20,21)/t10-,12-/m0/s1. The van der Waals surface area contributed by atoms with Crippen molar-refractivity contribution in [3.63, 3.8) is 0 Å². The van der Waals surface area contributed by atoms with Crippen LogP contribution in [0.15, 0.2) is 24.3 Å². The van der Waals surface area contributed by atoms with Gasteiger partial charge in [-0.25, -0.2) is 0 Å². The minimum absolute atomic E-state index is 0.0835. The van der Waals surface area contributed by atoms with E-state index in [9.17, 15) is 22.8 Å². The highest BCUT2D eigenvalue weighted by Crippen LogP contribution is 2.32. The Morgan fingerprint density at radius 1 is 1.26 bits per heavy atom. The number of hydrogen-bond donors (Lipinski definition) is 2. The number of amides is 2. The van der Waals surface area contributed by atoms with Crippen molar-refractivity contribution < 1.29 is 27.5 Å². The first kappa shape index (κ1) is 17.3. The van der Waals surface area contributed by atoms with Crippen LogP contribution in [-0.4, -0.2) is 30.6 Å². The van der Waals surface area contributed by atoms with Gasteiger partial charge in [-0.1, -0.05) is 18.2 Å². The van der Waals surface area contributed by atoms with Gasteiger partial charge in [-0.05, 0) is 24.5 Å². The third-order valence-electron chi connectivity index (χ3n) is 3.63. The second-order valence-corrected chi connectivity index (χ2v) is 5.36. The number of carbonyl (C=O) groups is 2. The number of primary amides is 1. The van der Waals surface area contributed by atoms with Crippen LogP contribution in [0.3, 0.4) is 0 Å². The maximum absolute atomic E-state index is 12.9. The molecule has 0 spiro atoms. The number of ether oxygens (including phenoxy) is 1. The van der Waals surface area contributed by atoms with E-state index in [1.165, 1.54) is 18.2 Å². The van der Waals surface area contributed by atoms with E-state index in [0.29, 0.717) is 12.8 Å². The Morgan fingerprint density at radius 2 is 1.96 bits per heavy atom. The van der Waals surface area contributed by atoms with Gasteiger partial charge in [-0.3, -0.25) is 9.59 Å². The van der Waals surface area contributed by atoms with E-state index >= 15 is 0 Å². The largest absolute Gasteiger partial charge is 0.416 e. The van der Waals surface area contributed by atoms with Gasteiger partial charge in [0.1, 0.15) is 6.10 Å². The lowest BCUT2D eigenvalue weighted by atomic mass is 10.0. The summed E-state index contributed by atoms with van der Waals surface area (Å²) in [5.74, 6) is -1.09. The van der Waals surface area contributed by atoms with Crippen molar-refractivity contribution in [1.82, 2.24) is 5.32 Å². The molecular formula is C15H17F3N2O3. The second-order valence-electron chi connectivity index (χ2n) is 5.36. The number of halogens is 3. The Hall–Kier alpha value is -2.09. The van der Waals surface area contributed by atoms with Crippen LogP contribution in [0.5, 0.6) is 0 Å². The Kier molecular flexibility index (Phi) is 5.25. The van der Waals surface area contributed by atoms with Gasteiger partial charge in [-0.15, -0.1) is 0 Å². The van der Waals surface area contributed by atoms with Gasteiger partial charge in [-0.2, -0.15) is 13.2 Å². The SMILES string of the molecule is NC(=O)[C@@H]1CC[C@@H](CNC(=O)Cc2ccccc2C(F)(F)F)O1. The first-order valence-electron chi connectivity index (χ1n) is 7.14. The molecule has 0 aromatic heterocycles. The smallest absolute Gasteiger partial charge is 0.367 e. The number of alkyl halides is 3. The normalized spacial score (nSPS) is 21.2. The first-order chi connectivity index (χ1) is 10.8. The van der Waals surface area contributed by atoms with Crippen LogP contribution in [0.25, 0.3) is 0 Å². The van der Waals surface area contributed by atoms with E-state index in [1.807, 2.05) is 0 Å². The van der Waals surface area contributed by atoms with E-state index in [1.54, 1.807) is 0 Å². The summed E-state index contributed by atoms with van der Waals surface area (Å²) in [6.45, 7) is 0.136. The van der Waals surface area contributed by atoms with Gasteiger partial charge in [0.2, 0.25) is 11.8 Å². The van der Waals surface area contributed by atoms with Gasteiger partial charge >= 0.3 is 6.18 Å². The second kappa shape index (κ2) is 6.99. The van der Waals surface area contributed by atoms with Crippen molar-refractivity contribution in [3.8, 4) is 0 Å². The molecule has 1 saturated heterocycles. The first-order valence-corrected chi connectivity index (χ1v) is 7.14. The Bertz CT molecular complexity index is 590. The molecule has 0 bridgehead atoms. The zero-order chi connectivity index (χ0) is 17.0. The van der Waals surface area contributed by atoms with Gasteiger partial charge in [0.25, 0.3) is 0 Å². The minimum Gasteiger partial charge on any atom is -0.367 e. The minimum atomic E-state index is -4.50. The third kappa shape index (κ3) is 4.69.